The van der Waals surface area contributed by atoms with E-state index >= 15 is 0 Å². The molecular weight excluding hydrogens is 268 g/mol. The van der Waals surface area contributed by atoms with Crippen LogP contribution in [-0.2, 0) is 10.0 Å². The minimum absolute atomic E-state index is 0.103. The van der Waals surface area contributed by atoms with Crippen LogP contribution >= 0.6 is 15.9 Å². The standard InChI is InChI=1S/C6H4BrF2NO2S/c7-3-1-2-4(8)5(9)6(3)13(10,11)12/h1-2H,(H2,10,11,12). The minimum Gasteiger partial charge on any atom is -0.224 e. The second kappa shape index (κ2) is 3.32. The molecule has 2 N–H and O–H groups in total. The lowest BCUT2D eigenvalue weighted by molar-refractivity contribution is 0.483. The van der Waals surface area contributed by atoms with Crippen LogP contribution in [0.1, 0.15) is 0 Å². The minimum atomic E-state index is -4.25. The summed E-state index contributed by atoms with van der Waals surface area (Å²) in [6.45, 7) is 0. The molecule has 3 nitrogen and oxygen atoms in total. The zero-order valence-corrected chi connectivity index (χ0v) is 8.49. The van der Waals surface area contributed by atoms with Gasteiger partial charge in [0.15, 0.2) is 11.6 Å². The first-order chi connectivity index (χ1) is 5.84. The molecule has 0 spiro atoms. The summed E-state index contributed by atoms with van der Waals surface area (Å²) in [4.78, 5) is -0.868. The van der Waals surface area contributed by atoms with Crippen molar-refractivity contribution in [3.8, 4) is 0 Å². The van der Waals surface area contributed by atoms with Crippen LogP contribution in [0, 0.1) is 11.6 Å². The third kappa shape index (κ3) is 2.04. The lowest BCUT2D eigenvalue weighted by atomic mass is 10.3. The number of primary sulfonamides is 1. The van der Waals surface area contributed by atoms with E-state index in [0.29, 0.717) is 0 Å². The third-order valence-electron chi connectivity index (χ3n) is 1.29. The van der Waals surface area contributed by atoms with Crippen LogP contribution in [-0.4, -0.2) is 8.42 Å². The second-order valence-electron chi connectivity index (χ2n) is 2.22. The van der Waals surface area contributed by atoms with E-state index < -0.39 is 26.6 Å². The monoisotopic (exact) mass is 271 g/mol. The van der Waals surface area contributed by atoms with Gasteiger partial charge in [-0.05, 0) is 28.1 Å². The van der Waals surface area contributed by atoms with Gasteiger partial charge in [0, 0.05) is 4.47 Å². The number of sulfonamides is 1. The summed E-state index contributed by atoms with van der Waals surface area (Å²) in [5, 5.41) is 4.66. The molecule has 0 aliphatic rings. The van der Waals surface area contributed by atoms with Gasteiger partial charge in [-0.1, -0.05) is 0 Å². The molecule has 0 fully saturated rings. The normalized spacial score (nSPS) is 11.7. The molecule has 0 saturated carbocycles. The Morgan fingerprint density at radius 2 is 1.85 bits per heavy atom. The molecule has 7 heteroatoms. The van der Waals surface area contributed by atoms with Crippen molar-refractivity contribution in [3.05, 3.63) is 28.2 Å². The highest BCUT2D eigenvalue weighted by molar-refractivity contribution is 9.10. The largest absolute Gasteiger partial charge is 0.242 e. The van der Waals surface area contributed by atoms with Crippen LogP contribution in [0.2, 0.25) is 0 Å². The lowest BCUT2D eigenvalue weighted by Gasteiger charge is -2.03. The molecule has 1 aromatic rings. The fourth-order valence-corrected chi connectivity index (χ4v) is 2.44. The summed E-state index contributed by atoms with van der Waals surface area (Å²) in [6.07, 6.45) is 0. The van der Waals surface area contributed by atoms with Gasteiger partial charge in [0.2, 0.25) is 10.0 Å². The highest BCUT2D eigenvalue weighted by atomic mass is 79.9. The molecule has 0 amide bonds. The van der Waals surface area contributed by atoms with Crippen LogP contribution in [0.15, 0.2) is 21.5 Å². The van der Waals surface area contributed by atoms with E-state index in [4.69, 9.17) is 0 Å². The van der Waals surface area contributed by atoms with Crippen molar-refractivity contribution in [1.82, 2.24) is 0 Å². The Morgan fingerprint density at radius 3 is 2.23 bits per heavy atom. The van der Waals surface area contributed by atoms with E-state index in [0.717, 1.165) is 12.1 Å². The molecule has 72 valence electrons. The molecule has 0 radical (unpaired) electrons. The van der Waals surface area contributed by atoms with Gasteiger partial charge in [-0.2, -0.15) is 0 Å². The summed E-state index contributed by atoms with van der Waals surface area (Å²) >= 11 is 2.75. The highest BCUT2D eigenvalue weighted by Crippen LogP contribution is 2.25. The third-order valence-corrected chi connectivity index (χ3v) is 3.18. The molecule has 1 rings (SSSR count). The van der Waals surface area contributed by atoms with E-state index in [1.807, 2.05) is 0 Å². The Hall–Kier alpha value is -0.530. The SMILES string of the molecule is NS(=O)(=O)c1c(Br)ccc(F)c1F. The van der Waals surface area contributed by atoms with E-state index in [9.17, 15) is 17.2 Å². The van der Waals surface area contributed by atoms with Crippen molar-refractivity contribution in [2.45, 2.75) is 4.90 Å². The first-order valence-electron chi connectivity index (χ1n) is 3.00. The van der Waals surface area contributed by atoms with E-state index in [2.05, 4.69) is 21.1 Å². The Morgan fingerprint density at radius 1 is 1.31 bits per heavy atom. The number of rotatable bonds is 1. The van der Waals surface area contributed by atoms with Crippen molar-refractivity contribution in [2.75, 3.05) is 0 Å². The van der Waals surface area contributed by atoms with Crippen molar-refractivity contribution in [2.24, 2.45) is 5.14 Å². The smallest absolute Gasteiger partial charge is 0.224 e. The molecule has 0 atom stereocenters. The van der Waals surface area contributed by atoms with Crippen LogP contribution in [0.4, 0.5) is 8.78 Å². The summed E-state index contributed by atoms with van der Waals surface area (Å²) in [7, 11) is -4.25. The Labute approximate surface area is 81.7 Å². The molecule has 0 bridgehead atoms. The van der Waals surface area contributed by atoms with Crippen LogP contribution in [0.25, 0.3) is 0 Å². The van der Waals surface area contributed by atoms with Gasteiger partial charge in [-0.15, -0.1) is 0 Å². The predicted octanol–water partition coefficient (Wildman–Crippen LogP) is 1.37. The van der Waals surface area contributed by atoms with Crippen molar-refractivity contribution in [3.63, 3.8) is 0 Å². The van der Waals surface area contributed by atoms with E-state index in [-0.39, 0.29) is 4.47 Å². The first-order valence-corrected chi connectivity index (χ1v) is 5.34. The molecule has 0 aliphatic carbocycles. The zero-order valence-electron chi connectivity index (χ0n) is 6.09. The summed E-state index contributed by atoms with van der Waals surface area (Å²) in [6, 6.07) is 1.87. The second-order valence-corrected chi connectivity index (χ2v) is 4.57. The number of hydrogen-bond donors (Lipinski definition) is 1. The van der Waals surface area contributed by atoms with Crippen LogP contribution in [0.5, 0.6) is 0 Å². The molecule has 0 unspecified atom stereocenters. The molecule has 0 heterocycles. The number of nitrogens with two attached hydrogens (primary N) is 1. The summed E-state index contributed by atoms with van der Waals surface area (Å²) in [5.74, 6) is -2.73. The van der Waals surface area contributed by atoms with Gasteiger partial charge < -0.3 is 0 Å². The lowest BCUT2D eigenvalue weighted by Crippen LogP contribution is -2.15. The molecule has 0 aliphatic heterocycles. The number of benzene rings is 1. The van der Waals surface area contributed by atoms with E-state index in [1.54, 1.807) is 0 Å². The van der Waals surface area contributed by atoms with Gasteiger partial charge in [-0.25, -0.2) is 22.3 Å². The maximum atomic E-state index is 12.9. The Kier molecular flexibility index (Phi) is 2.69. The van der Waals surface area contributed by atoms with E-state index in [1.165, 1.54) is 0 Å². The average Bonchev–Trinajstić information content (AvgIpc) is 1.95. The number of halogens is 3. The molecule has 13 heavy (non-hydrogen) atoms. The maximum absolute atomic E-state index is 12.9. The predicted molar refractivity (Wildman–Crippen MR) is 45.4 cm³/mol. The highest BCUT2D eigenvalue weighted by Gasteiger charge is 2.21. The van der Waals surface area contributed by atoms with Gasteiger partial charge in [0.25, 0.3) is 0 Å². The van der Waals surface area contributed by atoms with Gasteiger partial charge in [0.05, 0.1) is 0 Å². The molecule has 1 aromatic carbocycles. The van der Waals surface area contributed by atoms with Gasteiger partial charge >= 0.3 is 0 Å². The summed E-state index contributed by atoms with van der Waals surface area (Å²) < 4.78 is 46.9. The fourth-order valence-electron chi connectivity index (χ4n) is 0.769. The van der Waals surface area contributed by atoms with Crippen molar-refractivity contribution < 1.29 is 17.2 Å². The Balaban J connectivity index is 3.62. The molecule has 0 saturated heterocycles. The van der Waals surface area contributed by atoms with Crippen LogP contribution in [0.3, 0.4) is 0 Å². The quantitative estimate of drug-likeness (QED) is 0.785. The van der Waals surface area contributed by atoms with Crippen molar-refractivity contribution in [1.29, 1.82) is 0 Å². The first kappa shape index (κ1) is 10.6. The molecular formula is C6H4BrF2NO2S. The Bertz CT molecular complexity index is 446. The van der Waals surface area contributed by atoms with Gasteiger partial charge in [-0.3, -0.25) is 0 Å². The maximum Gasteiger partial charge on any atom is 0.242 e. The average molecular weight is 272 g/mol. The molecule has 0 aromatic heterocycles. The topological polar surface area (TPSA) is 60.2 Å². The van der Waals surface area contributed by atoms with Gasteiger partial charge in [0.1, 0.15) is 4.90 Å². The van der Waals surface area contributed by atoms with Crippen molar-refractivity contribution >= 4 is 26.0 Å². The summed E-state index contributed by atoms with van der Waals surface area (Å²) in [5.41, 5.74) is 0. The zero-order chi connectivity index (χ0) is 10.2. The van der Waals surface area contributed by atoms with Crippen LogP contribution < -0.4 is 5.14 Å². The fraction of sp³-hybridized carbons (Fsp3) is 0. The number of hydrogen-bond acceptors (Lipinski definition) is 2.